The summed E-state index contributed by atoms with van der Waals surface area (Å²) in [6.45, 7) is 7.59. The maximum atomic E-state index is 9.90. The molecule has 1 aliphatic rings. The third kappa shape index (κ3) is 2.22. The summed E-state index contributed by atoms with van der Waals surface area (Å²) in [6.07, 6.45) is -0.497. The second kappa shape index (κ2) is 3.56. The molecular weight excluding hydrogens is 168 g/mol. The van der Waals surface area contributed by atoms with E-state index < -0.39 is 11.7 Å². The Morgan fingerprint density at radius 2 is 2.00 bits per heavy atom. The van der Waals surface area contributed by atoms with Crippen LogP contribution in [0.25, 0.3) is 0 Å². The Labute approximate surface area is 79.7 Å². The quantitative estimate of drug-likeness (QED) is 0.643. The first kappa shape index (κ1) is 11.0. The van der Waals surface area contributed by atoms with Crippen molar-refractivity contribution in [1.29, 1.82) is 0 Å². The summed E-state index contributed by atoms with van der Waals surface area (Å²) in [4.78, 5) is 0. The summed E-state index contributed by atoms with van der Waals surface area (Å²) >= 11 is 0. The summed E-state index contributed by atoms with van der Waals surface area (Å²) in [7, 11) is 0. The van der Waals surface area contributed by atoms with E-state index in [1.165, 1.54) is 0 Å². The molecule has 2 N–H and O–H groups in total. The summed E-state index contributed by atoms with van der Waals surface area (Å²) < 4.78 is 5.59. The van der Waals surface area contributed by atoms with Gasteiger partial charge in [0.1, 0.15) is 6.10 Å². The van der Waals surface area contributed by atoms with Crippen LogP contribution in [-0.4, -0.2) is 34.1 Å². The predicted octanol–water partition coefficient (Wildman–Crippen LogP) is 0.932. The van der Waals surface area contributed by atoms with E-state index in [1.807, 2.05) is 0 Å². The minimum absolute atomic E-state index is 0.0494. The molecule has 0 aromatic heterocycles. The Hall–Kier alpha value is -0.120. The van der Waals surface area contributed by atoms with Gasteiger partial charge in [0.15, 0.2) is 0 Å². The maximum Gasteiger partial charge on any atom is 0.108 e. The second-order valence-corrected chi connectivity index (χ2v) is 4.63. The van der Waals surface area contributed by atoms with Crippen molar-refractivity contribution in [2.75, 3.05) is 0 Å². The number of aliphatic hydroxyl groups is 2. The molecule has 0 saturated carbocycles. The van der Waals surface area contributed by atoms with Crippen LogP contribution in [0.15, 0.2) is 0 Å². The number of ether oxygens (including phenoxy) is 1. The second-order valence-electron chi connectivity index (χ2n) is 4.63. The van der Waals surface area contributed by atoms with Crippen LogP contribution in [-0.2, 0) is 4.74 Å². The summed E-state index contributed by atoms with van der Waals surface area (Å²) in [5.74, 6) is 0.376. The van der Waals surface area contributed by atoms with E-state index in [0.29, 0.717) is 12.3 Å². The predicted molar refractivity (Wildman–Crippen MR) is 50.4 cm³/mol. The molecule has 4 atom stereocenters. The van der Waals surface area contributed by atoms with Gasteiger partial charge in [-0.3, -0.25) is 0 Å². The monoisotopic (exact) mass is 188 g/mol. The van der Waals surface area contributed by atoms with E-state index in [9.17, 15) is 10.2 Å². The van der Waals surface area contributed by atoms with E-state index in [0.717, 1.165) is 0 Å². The maximum absolute atomic E-state index is 9.90. The van der Waals surface area contributed by atoms with Crippen molar-refractivity contribution >= 4 is 0 Å². The van der Waals surface area contributed by atoms with Gasteiger partial charge in [0.25, 0.3) is 0 Å². The molecule has 0 aromatic rings. The molecule has 78 valence electrons. The first-order chi connectivity index (χ1) is 5.84. The molecule has 0 spiro atoms. The fourth-order valence-electron chi connectivity index (χ4n) is 1.82. The van der Waals surface area contributed by atoms with Crippen LogP contribution < -0.4 is 0 Å². The minimum atomic E-state index is -1.01. The van der Waals surface area contributed by atoms with E-state index in [2.05, 4.69) is 13.8 Å². The Morgan fingerprint density at radius 3 is 2.38 bits per heavy atom. The molecule has 0 bridgehead atoms. The Bertz CT molecular complexity index is 177. The average Bonchev–Trinajstić information content (AvgIpc) is 1.99. The minimum Gasteiger partial charge on any atom is -0.387 e. The average molecular weight is 188 g/mol. The molecule has 1 aliphatic heterocycles. The zero-order chi connectivity index (χ0) is 10.2. The van der Waals surface area contributed by atoms with Crippen molar-refractivity contribution in [3.05, 3.63) is 0 Å². The van der Waals surface area contributed by atoms with Crippen LogP contribution in [0.1, 0.15) is 34.1 Å². The van der Waals surface area contributed by atoms with Crippen molar-refractivity contribution in [2.24, 2.45) is 5.92 Å². The largest absolute Gasteiger partial charge is 0.387 e. The zero-order valence-corrected chi connectivity index (χ0v) is 8.82. The Morgan fingerprint density at radius 1 is 1.46 bits per heavy atom. The fourth-order valence-corrected chi connectivity index (χ4v) is 1.82. The van der Waals surface area contributed by atoms with E-state index in [4.69, 9.17) is 4.74 Å². The molecule has 0 amide bonds. The lowest BCUT2D eigenvalue weighted by molar-refractivity contribution is -0.212. The van der Waals surface area contributed by atoms with Gasteiger partial charge < -0.3 is 14.9 Å². The highest BCUT2D eigenvalue weighted by atomic mass is 16.5. The molecule has 0 aromatic carbocycles. The van der Waals surface area contributed by atoms with Crippen LogP contribution >= 0.6 is 0 Å². The van der Waals surface area contributed by atoms with Crippen molar-refractivity contribution in [1.82, 2.24) is 0 Å². The van der Waals surface area contributed by atoms with Gasteiger partial charge in [-0.2, -0.15) is 0 Å². The smallest absolute Gasteiger partial charge is 0.108 e. The molecule has 1 fully saturated rings. The Kier molecular flexibility index (Phi) is 3.00. The summed E-state index contributed by atoms with van der Waals surface area (Å²) in [6, 6.07) is 0. The molecule has 1 unspecified atom stereocenters. The van der Waals surface area contributed by atoms with Gasteiger partial charge in [-0.05, 0) is 19.8 Å². The van der Waals surface area contributed by atoms with Crippen molar-refractivity contribution < 1.29 is 14.9 Å². The van der Waals surface area contributed by atoms with Gasteiger partial charge in [0, 0.05) is 6.42 Å². The molecular formula is C10H20O3. The standard InChI is InChI=1S/C10H20O3/c1-6(2)8-5-10(4,12)9(11)7(3)13-8/h6-9,11-12H,5H2,1-4H3/t7?,8-,9-,10+/m1/s1. The topological polar surface area (TPSA) is 49.7 Å². The first-order valence-corrected chi connectivity index (χ1v) is 4.90. The summed E-state index contributed by atoms with van der Waals surface area (Å²) in [5, 5.41) is 19.5. The molecule has 1 saturated heterocycles. The normalized spacial score (nSPS) is 46.8. The van der Waals surface area contributed by atoms with Crippen LogP contribution in [0.5, 0.6) is 0 Å². The van der Waals surface area contributed by atoms with E-state index >= 15 is 0 Å². The zero-order valence-electron chi connectivity index (χ0n) is 8.82. The molecule has 0 aliphatic carbocycles. The van der Waals surface area contributed by atoms with Gasteiger partial charge >= 0.3 is 0 Å². The highest BCUT2D eigenvalue weighted by Gasteiger charge is 2.43. The SMILES string of the molecule is CC1O[C@@H](C(C)C)C[C@](C)(O)[C@@H]1O. The molecule has 3 nitrogen and oxygen atoms in total. The van der Waals surface area contributed by atoms with Gasteiger partial charge in [-0.1, -0.05) is 13.8 Å². The molecule has 13 heavy (non-hydrogen) atoms. The number of hydrogen-bond donors (Lipinski definition) is 2. The van der Waals surface area contributed by atoms with Crippen LogP contribution in [0.2, 0.25) is 0 Å². The lowest BCUT2D eigenvalue weighted by atomic mass is 9.83. The Balaban J connectivity index is 2.70. The van der Waals surface area contributed by atoms with Gasteiger partial charge in [-0.25, -0.2) is 0 Å². The lowest BCUT2D eigenvalue weighted by Gasteiger charge is -2.43. The van der Waals surface area contributed by atoms with Crippen molar-refractivity contribution in [3.63, 3.8) is 0 Å². The molecule has 1 rings (SSSR count). The molecule has 0 radical (unpaired) electrons. The number of aliphatic hydroxyl groups excluding tert-OH is 1. The highest BCUT2D eigenvalue weighted by Crippen LogP contribution is 2.31. The molecule has 1 heterocycles. The lowest BCUT2D eigenvalue weighted by Crippen LogP contribution is -2.55. The van der Waals surface area contributed by atoms with Crippen molar-refractivity contribution in [2.45, 2.75) is 58.0 Å². The first-order valence-electron chi connectivity index (χ1n) is 4.90. The number of hydrogen-bond acceptors (Lipinski definition) is 3. The van der Waals surface area contributed by atoms with E-state index in [-0.39, 0.29) is 12.2 Å². The third-order valence-corrected chi connectivity index (χ3v) is 2.83. The third-order valence-electron chi connectivity index (χ3n) is 2.83. The van der Waals surface area contributed by atoms with Crippen LogP contribution in [0.3, 0.4) is 0 Å². The van der Waals surface area contributed by atoms with Crippen LogP contribution in [0.4, 0.5) is 0 Å². The highest BCUT2D eigenvalue weighted by molar-refractivity contribution is 4.93. The summed E-state index contributed by atoms with van der Waals surface area (Å²) in [5.41, 5.74) is -1.01. The van der Waals surface area contributed by atoms with Gasteiger partial charge in [-0.15, -0.1) is 0 Å². The fraction of sp³-hybridized carbons (Fsp3) is 1.00. The van der Waals surface area contributed by atoms with Gasteiger partial charge in [0.05, 0.1) is 17.8 Å². The number of rotatable bonds is 1. The van der Waals surface area contributed by atoms with Crippen LogP contribution in [0, 0.1) is 5.92 Å². The molecule has 3 heteroatoms. The van der Waals surface area contributed by atoms with Crippen molar-refractivity contribution in [3.8, 4) is 0 Å². The van der Waals surface area contributed by atoms with Gasteiger partial charge in [0.2, 0.25) is 0 Å². The van der Waals surface area contributed by atoms with E-state index in [1.54, 1.807) is 13.8 Å².